The van der Waals surface area contributed by atoms with Crippen molar-refractivity contribution in [2.45, 2.75) is 33.2 Å². The first-order valence-corrected chi connectivity index (χ1v) is 13.5. The first-order chi connectivity index (χ1) is 17.9. The number of hydrogen-bond acceptors (Lipinski definition) is 4. The van der Waals surface area contributed by atoms with Gasteiger partial charge in [0.05, 0.1) is 23.6 Å². The molecule has 1 fully saturated rings. The van der Waals surface area contributed by atoms with Crippen molar-refractivity contribution in [2.24, 2.45) is 11.8 Å². The summed E-state index contributed by atoms with van der Waals surface area (Å²) in [4.78, 5) is 21.7. The second kappa shape index (κ2) is 11.1. The van der Waals surface area contributed by atoms with E-state index >= 15 is 0 Å². The van der Waals surface area contributed by atoms with Gasteiger partial charge in [-0.15, -0.1) is 0 Å². The van der Waals surface area contributed by atoms with E-state index in [2.05, 4.69) is 18.7 Å². The van der Waals surface area contributed by atoms with Crippen LogP contribution in [0.4, 0.5) is 0 Å². The van der Waals surface area contributed by atoms with Crippen molar-refractivity contribution >= 4 is 22.5 Å². The zero-order chi connectivity index (χ0) is 25.9. The minimum atomic E-state index is -0.0114. The van der Waals surface area contributed by atoms with Gasteiger partial charge in [-0.05, 0) is 78.7 Å². The molecule has 192 valence electrons. The fourth-order valence-electron chi connectivity index (χ4n) is 5.49. The van der Waals surface area contributed by atoms with Crippen molar-refractivity contribution < 1.29 is 4.74 Å². The molecular formula is C31H34ClN3O2. The first-order valence-electron chi connectivity index (χ1n) is 13.1. The van der Waals surface area contributed by atoms with Gasteiger partial charge in [0.1, 0.15) is 11.6 Å². The molecule has 2 heterocycles. The molecule has 0 N–H and O–H groups in total. The van der Waals surface area contributed by atoms with Crippen LogP contribution in [0, 0.1) is 11.8 Å². The minimum Gasteiger partial charge on any atom is -0.496 e. The lowest BCUT2D eigenvalue weighted by atomic mass is 9.96. The van der Waals surface area contributed by atoms with E-state index in [4.69, 9.17) is 21.3 Å². The number of nitrogens with zero attached hydrogens (tertiary/aromatic N) is 3. The Balaban J connectivity index is 1.62. The van der Waals surface area contributed by atoms with Gasteiger partial charge >= 0.3 is 0 Å². The van der Waals surface area contributed by atoms with Gasteiger partial charge < -0.3 is 9.64 Å². The van der Waals surface area contributed by atoms with Crippen LogP contribution < -0.4 is 10.3 Å². The van der Waals surface area contributed by atoms with Gasteiger partial charge in [0.2, 0.25) is 0 Å². The molecule has 0 saturated carbocycles. The lowest BCUT2D eigenvalue weighted by Crippen LogP contribution is -2.40. The second-order valence-electron chi connectivity index (χ2n) is 10.5. The summed E-state index contributed by atoms with van der Waals surface area (Å²) in [5.41, 5.74) is 3.50. The number of likely N-dealkylation sites (tertiary alicyclic amines) is 1. The molecule has 3 aromatic carbocycles. The van der Waals surface area contributed by atoms with Crippen LogP contribution in [0.15, 0.2) is 71.5 Å². The fourth-order valence-corrected chi connectivity index (χ4v) is 5.61. The Hall–Kier alpha value is -3.15. The minimum absolute atomic E-state index is 0.0114. The van der Waals surface area contributed by atoms with E-state index in [9.17, 15) is 4.79 Å². The largest absolute Gasteiger partial charge is 0.496 e. The Bertz CT molecular complexity index is 1450. The van der Waals surface area contributed by atoms with Crippen LogP contribution in [0.1, 0.15) is 26.7 Å². The van der Waals surface area contributed by atoms with Crippen LogP contribution >= 0.6 is 11.6 Å². The van der Waals surface area contributed by atoms with Crippen molar-refractivity contribution in [1.29, 1.82) is 0 Å². The summed E-state index contributed by atoms with van der Waals surface area (Å²) in [6.07, 6.45) is 2.26. The van der Waals surface area contributed by atoms with Crippen LogP contribution in [-0.2, 0) is 6.54 Å². The predicted octanol–water partition coefficient (Wildman–Crippen LogP) is 6.76. The summed E-state index contributed by atoms with van der Waals surface area (Å²) < 4.78 is 7.55. The fraction of sp³-hybridized carbons (Fsp3) is 0.355. The molecule has 0 unspecified atom stereocenters. The molecule has 5 nitrogen and oxygen atoms in total. The number of benzene rings is 3. The lowest BCUT2D eigenvalue weighted by molar-refractivity contribution is 0.148. The average Bonchev–Trinajstić information content (AvgIpc) is 2.90. The molecule has 0 radical (unpaired) electrons. The highest BCUT2D eigenvalue weighted by Crippen LogP contribution is 2.31. The van der Waals surface area contributed by atoms with Crippen molar-refractivity contribution in [3.05, 3.63) is 82.1 Å². The monoisotopic (exact) mass is 515 g/mol. The summed E-state index contributed by atoms with van der Waals surface area (Å²) in [6, 6.07) is 21.4. The maximum Gasteiger partial charge on any atom is 0.261 e. The summed E-state index contributed by atoms with van der Waals surface area (Å²) in [6.45, 7) is 8.38. The number of hydrogen-bond donors (Lipinski definition) is 0. The molecule has 1 aliphatic heterocycles. The van der Waals surface area contributed by atoms with Crippen LogP contribution in [-0.4, -0.2) is 41.2 Å². The molecule has 0 aliphatic carbocycles. The Kier molecular flexibility index (Phi) is 7.63. The van der Waals surface area contributed by atoms with Gasteiger partial charge in [-0.1, -0.05) is 55.8 Å². The molecule has 1 aliphatic rings. The van der Waals surface area contributed by atoms with Crippen LogP contribution in [0.3, 0.4) is 0 Å². The number of piperidine rings is 1. The molecule has 1 saturated heterocycles. The number of ether oxygens (including phenoxy) is 1. The molecule has 6 heteroatoms. The van der Waals surface area contributed by atoms with Crippen molar-refractivity contribution in [2.75, 3.05) is 26.7 Å². The van der Waals surface area contributed by atoms with E-state index in [0.717, 1.165) is 49.2 Å². The molecule has 0 spiro atoms. The highest BCUT2D eigenvalue weighted by Gasteiger charge is 2.24. The van der Waals surface area contributed by atoms with Crippen molar-refractivity contribution in [1.82, 2.24) is 14.5 Å². The summed E-state index contributed by atoms with van der Waals surface area (Å²) in [5, 5.41) is 1.31. The van der Waals surface area contributed by atoms with Gasteiger partial charge in [-0.2, -0.15) is 0 Å². The van der Waals surface area contributed by atoms with E-state index < -0.39 is 0 Å². The highest BCUT2D eigenvalue weighted by atomic mass is 35.5. The van der Waals surface area contributed by atoms with Gasteiger partial charge in [0.25, 0.3) is 5.56 Å². The zero-order valence-corrected chi connectivity index (χ0v) is 22.5. The van der Waals surface area contributed by atoms with E-state index in [1.165, 1.54) is 0 Å². The smallest absolute Gasteiger partial charge is 0.261 e. The van der Waals surface area contributed by atoms with Crippen LogP contribution in [0.25, 0.3) is 33.4 Å². The maximum atomic E-state index is 14.1. The molecular weight excluding hydrogens is 482 g/mol. The summed E-state index contributed by atoms with van der Waals surface area (Å²) in [5.74, 6) is 2.39. The van der Waals surface area contributed by atoms with E-state index in [1.807, 2.05) is 71.3 Å². The van der Waals surface area contributed by atoms with E-state index in [0.29, 0.717) is 45.9 Å². The Morgan fingerprint density at radius 2 is 1.81 bits per heavy atom. The van der Waals surface area contributed by atoms with Crippen molar-refractivity contribution in [3.63, 3.8) is 0 Å². The third-order valence-electron chi connectivity index (χ3n) is 7.15. The Morgan fingerprint density at radius 1 is 1.05 bits per heavy atom. The molecule has 1 atom stereocenters. The molecule has 0 amide bonds. The molecule has 5 rings (SSSR count). The van der Waals surface area contributed by atoms with Gasteiger partial charge in [0, 0.05) is 24.7 Å². The number of halogens is 1. The first kappa shape index (κ1) is 25.5. The van der Waals surface area contributed by atoms with Crippen LogP contribution in [0.2, 0.25) is 5.02 Å². The quantitative estimate of drug-likeness (QED) is 0.273. The Labute approximate surface area is 223 Å². The normalized spacial score (nSPS) is 16.4. The Morgan fingerprint density at radius 3 is 2.57 bits per heavy atom. The third-order valence-corrected chi connectivity index (χ3v) is 7.40. The van der Waals surface area contributed by atoms with Gasteiger partial charge in [-0.25, -0.2) is 4.98 Å². The summed E-state index contributed by atoms with van der Waals surface area (Å²) >= 11 is 6.09. The van der Waals surface area contributed by atoms with Gasteiger partial charge in [0.15, 0.2) is 0 Å². The van der Waals surface area contributed by atoms with Crippen LogP contribution in [0.5, 0.6) is 5.75 Å². The second-order valence-corrected chi connectivity index (χ2v) is 10.9. The van der Waals surface area contributed by atoms with E-state index in [1.54, 1.807) is 7.11 Å². The molecule has 1 aromatic heterocycles. The van der Waals surface area contributed by atoms with E-state index in [-0.39, 0.29) is 5.56 Å². The maximum absolute atomic E-state index is 14.1. The average molecular weight is 516 g/mol. The number of fused-ring (bicyclic) bond motifs is 1. The molecule has 4 aromatic rings. The van der Waals surface area contributed by atoms with Crippen molar-refractivity contribution in [3.8, 4) is 28.3 Å². The topological polar surface area (TPSA) is 47.4 Å². The molecule has 0 bridgehead atoms. The zero-order valence-electron chi connectivity index (χ0n) is 21.8. The third kappa shape index (κ3) is 5.58. The number of aromatic nitrogens is 2. The summed E-state index contributed by atoms with van der Waals surface area (Å²) in [7, 11) is 1.66. The predicted molar refractivity (Wildman–Crippen MR) is 152 cm³/mol. The SMILES string of the molecule is COc1ccccc1-c1nc2ccc(-c3ccc(Cl)cc3)cc2c(=O)n1C[C@@H]1CCCN(CC(C)C)C1. The number of rotatable bonds is 7. The number of para-hydroxylation sites is 1. The van der Waals surface area contributed by atoms with Gasteiger partial charge in [-0.3, -0.25) is 9.36 Å². The highest BCUT2D eigenvalue weighted by molar-refractivity contribution is 6.30. The standard InChI is InChI=1S/C31H34ClN3O2/c1-21(2)18-34-16-6-7-22(19-34)20-35-30(26-8-4-5-9-29(26)37-3)33-28-15-12-24(17-27(28)31(35)36)23-10-13-25(32)14-11-23/h4-5,8-15,17,21-22H,6-7,16,18-20H2,1-3H3/t22-/m1/s1. The number of methoxy groups -OCH3 is 1. The lowest BCUT2D eigenvalue weighted by Gasteiger charge is -2.34. The molecule has 37 heavy (non-hydrogen) atoms.